The van der Waals surface area contributed by atoms with Crippen LogP contribution in [0.15, 0.2) is 60.7 Å². The van der Waals surface area contributed by atoms with Gasteiger partial charge in [-0.1, -0.05) is 74.5 Å². The molecule has 2 aromatic carbocycles. The van der Waals surface area contributed by atoms with Gasteiger partial charge in [0, 0.05) is 5.56 Å². The lowest BCUT2D eigenvalue weighted by Gasteiger charge is -2.09. The van der Waals surface area contributed by atoms with E-state index in [9.17, 15) is 9.90 Å². The predicted octanol–water partition coefficient (Wildman–Crippen LogP) is 3.82. The average Bonchev–Trinajstić information content (AvgIpc) is 2.60. The van der Waals surface area contributed by atoms with E-state index in [1.807, 2.05) is 12.1 Å². The van der Waals surface area contributed by atoms with Crippen LogP contribution in [0.4, 0.5) is 0 Å². The molecule has 0 aliphatic heterocycles. The van der Waals surface area contributed by atoms with Crippen LogP contribution in [0.3, 0.4) is 0 Å². The fourth-order valence-electron chi connectivity index (χ4n) is 1.75. The molecule has 1 N–H and O–H groups in total. The van der Waals surface area contributed by atoms with Gasteiger partial charge in [0.2, 0.25) is 0 Å². The fourth-order valence-corrected chi connectivity index (χ4v) is 1.75. The van der Waals surface area contributed by atoms with Crippen molar-refractivity contribution in [3.05, 3.63) is 71.8 Å². The number of Topliss-reactive ketones (excluding diaryl/α,β-unsaturated/α-hetero) is 1. The third-order valence-electron chi connectivity index (χ3n) is 2.94. The van der Waals surface area contributed by atoms with Gasteiger partial charge in [0.25, 0.3) is 0 Å². The highest BCUT2D eigenvalue weighted by molar-refractivity contribution is 5.99. The third-order valence-corrected chi connectivity index (χ3v) is 2.94. The molecule has 2 rings (SSSR count). The van der Waals surface area contributed by atoms with E-state index in [1.54, 1.807) is 48.5 Å². The van der Waals surface area contributed by atoms with Crippen molar-refractivity contribution in [1.82, 2.24) is 0 Å². The van der Waals surface area contributed by atoms with Crippen molar-refractivity contribution in [3.63, 3.8) is 0 Å². The molecule has 0 aromatic heterocycles. The lowest BCUT2D eigenvalue weighted by Crippen LogP contribution is -2.11. The Bertz CT molecular complexity index is 552. The summed E-state index contributed by atoms with van der Waals surface area (Å²) in [4.78, 5) is 20.8. The van der Waals surface area contributed by atoms with E-state index in [0.29, 0.717) is 23.7 Å². The minimum absolute atomic E-state index is 0.271. The molecule has 2 aromatic rings. The second-order valence-corrected chi connectivity index (χ2v) is 5.39. The Labute approximate surface area is 137 Å². The van der Waals surface area contributed by atoms with Crippen molar-refractivity contribution in [2.45, 2.75) is 20.0 Å². The fraction of sp³-hybridized carbons (Fsp3) is 0.316. The summed E-state index contributed by atoms with van der Waals surface area (Å²) < 4.78 is 0. The summed E-state index contributed by atoms with van der Waals surface area (Å²) in [6.07, 6.45) is -1.08. The van der Waals surface area contributed by atoms with Gasteiger partial charge in [-0.3, -0.25) is 4.79 Å². The van der Waals surface area contributed by atoms with Crippen LogP contribution >= 0.6 is 0 Å². The van der Waals surface area contributed by atoms with Crippen LogP contribution in [0.5, 0.6) is 0 Å². The van der Waals surface area contributed by atoms with E-state index in [4.69, 9.17) is 0 Å². The Kier molecular flexibility index (Phi) is 8.83. The van der Waals surface area contributed by atoms with Gasteiger partial charge in [0.05, 0.1) is 13.7 Å². The summed E-state index contributed by atoms with van der Waals surface area (Å²) in [5.41, 5.74) is 1.15. The first kappa shape index (κ1) is 19.0. The Balaban J connectivity index is 0.000000322. The Hall–Kier alpha value is -2.01. The van der Waals surface area contributed by atoms with E-state index < -0.39 is 6.10 Å². The SMILES string of the molecule is COOCC(C)C.O=C(c1ccccc1)C(O)c1ccccc1. The lowest BCUT2D eigenvalue weighted by molar-refractivity contribution is -0.278. The number of aliphatic hydroxyl groups is 1. The van der Waals surface area contributed by atoms with Crippen LogP contribution in [0, 0.1) is 5.92 Å². The maximum Gasteiger partial charge on any atom is 0.195 e. The van der Waals surface area contributed by atoms with Crippen molar-refractivity contribution < 1.29 is 19.7 Å². The summed E-state index contributed by atoms with van der Waals surface area (Å²) in [5, 5.41) is 9.89. The van der Waals surface area contributed by atoms with Gasteiger partial charge in [0.1, 0.15) is 6.10 Å². The molecule has 23 heavy (non-hydrogen) atoms. The van der Waals surface area contributed by atoms with Crippen molar-refractivity contribution in [2.24, 2.45) is 5.92 Å². The summed E-state index contributed by atoms with van der Waals surface area (Å²) >= 11 is 0. The van der Waals surface area contributed by atoms with Crippen LogP contribution in [0.2, 0.25) is 0 Å². The molecule has 1 unspecified atom stereocenters. The van der Waals surface area contributed by atoms with E-state index in [1.165, 1.54) is 7.11 Å². The number of aliphatic hydroxyl groups excluding tert-OH is 1. The highest BCUT2D eigenvalue weighted by Gasteiger charge is 2.18. The number of hydrogen-bond donors (Lipinski definition) is 1. The smallest absolute Gasteiger partial charge is 0.195 e. The molecule has 4 nitrogen and oxygen atoms in total. The van der Waals surface area contributed by atoms with Gasteiger partial charge in [-0.05, 0) is 11.5 Å². The number of carbonyl (C=O) groups excluding carboxylic acids is 1. The topological polar surface area (TPSA) is 55.8 Å². The average molecular weight is 316 g/mol. The van der Waals surface area contributed by atoms with Gasteiger partial charge in [-0.2, -0.15) is 0 Å². The number of rotatable bonds is 6. The maximum atomic E-state index is 11.9. The molecule has 4 heteroatoms. The highest BCUT2D eigenvalue weighted by atomic mass is 17.2. The van der Waals surface area contributed by atoms with Crippen LogP contribution in [-0.2, 0) is 9.78 Å². The molecule has 0 fully saturated rings. The first-order valence-corrected chi connectivity index (χ1v) is 7.54. The number of carbonyl (C=O) groups is 1. The molecule has 0 spiro atoms. The van der Waals surface area contributed by atoms with Gasteiger partial charge in [0.15, 0.2) is 5.78 Å². The molecule has 0 radical (unpaired) electrons. The zero-order valence-corrected chi connectivity index (χ0v) is 13.8. The van der Waals surface area contributed by atoms with Crippen LogP contribution in [0.1, 0.15) is 35.9 Å². The molecule has 0 saturated heterocycles. The third kappa shape index (κ3) is 7.19. The monoisotopic (exact) mass is 316 g/mol. The highest BCUT2D eigenvalue weighted by Crippen LogP contribution is 2.17. The molecule has 0 aliphatic rings. The molecule has 0 bridgehead atoms. The molecule has 124 valence electrons. The standard InChI is InChI=1S/C14H12O2.C5H12O2/c15-13(11-7-3-1-4-8-11)14(16)12-9-5-2-6-10-12;1-5(2)4-7-6-3/h1-10,13,15H;5H,4H2,1-3H3. The van der Waals surface area contributed by atoms with Crippen LogP contribution in [-0.4, -0.2) is 24.6 Å². The quantitative estimate of drug-likeness (QED) is 0.500. The van der Waals surface area contributed by atoms with Crippen LogP contribution in [0.25, 0.3) is 0 Å². The number of ketones is 1. The van der Waals surface area contributed by atoms with E-state index in [0.717, 1.165) is 0 Å². The molecule has 0 saturated carbocycles. The minimum Gasteiger partial charge on any atom is -0.380 e. The van der Waals surface area contributed by atoms with Crippen molar-refractivity contribution in [2.75, 3.05) is 13.7 Å². The van der Waals surface area contributed by atoms with E-state index in [2.05, 4.69) is 23.6 Å². The molecular formula is C19H24O4. The number of hydrogen-bond acceptors (Lipinski definition) is 4. The second-order valence-electron chi connectivity index (χ2n) is 5.39. The molecule has 1 atom stereocenters. The second kappa shape index (κ2) is 10.7. The largest absolute Gasteiger partial charge is 0.380 e. The minimum atomic E-state index is -1.08. The zero-order valence-electron chi connectivity index (χ0n) is 13.8. The van der Waals surface area contributed by atoms with Crippen LogP contribution < -0.4 is 0 Å². The van der Waals surface area contributed by atoms with Gasteiger partial charge in [-0.25, -0.2) is 9.78 Å². The summed E-state index contributed by atoms with van der Waals surface area (Å²) in [6, 6.07) is 17.7. The zero-order chi connectivity index (χ0) is 17.1. The summed E-state index contributed by atoms with van der Waals surface area (Å²) in [5.74, 6) is 0.284. The van der Waals surface area contributed by atoms with E-state index >= 15 is 0 Å². The first-order chi connectivity index (χ1) is 11.1. The number of benzene rings is 2. The normalized spacial score (nSPS) is 11.5. The Morgan fingerprint density at radius 2 is 1.52 bits per heavy atom. The summed E-state index contributed by atoms with van der Waals surface area (Å²) in [7, 11) is 1.52. The first-order valence-electron chi connectivity index (χ1n) is 7.54. The maximum absolute atomic E-state index is 11.9. The van der Waals surface area contributed by atoms with Gasteiger partial charge >= 0.3 is 0 Å². The van der Waals surface area contributed by atoms with Gasteiger partial charge in [-0.15, -0.1) is 0 Å². The molecule has 0 amide bonds. The Morgan fingerprint density at radius 1 is 1.00 bits per heavy atom. The van der Waals surface area contributed by atoms with E-state index in [-0.39, 0.29) is 5.78 Å². The molecule has 0 aliphatic carbocycles. The molecule has 0 heterocycles. The van der Waals surface area contributed by atoms with Crippen molar-refractivity contribution in [1.29, 1.82) is 0 Å². The van der Waals surface area contributed by atoms with Crippen molar-refractivity contribution >= 4 is 5.78 Å². The molecular weight excluding hydrogens is 292 g/mol. The van der Waals surface area contributed by atoms with Crippen molar-refractivity contribution in [3.8, 4) is 0 Å². The summed E-state index contributed by atoms with van der Waals surface area (Å²) in [6.45, 7) is 4.81. The lowest BCUT2D eigenvalue weighted by atomic mass is 10.0. The predicted molar refractivity (Wildman–Crippen MR) is 90.0 cm³/mol. The van der Waals surface area contributed by atoms with Gasteiger partial charge < -0.3 is 5.11 Å². The Morgan fingerprint density at radius 3 is 1.96 bits per heavy atom.